The number of para-hydroxylation sites is 1. The first-order valence-electron chi connectivity index (χ1n) is 9.40. The highest BCUT2D eigenvalue weighted by molar-refractivity contribution is 6.00. The predicted molar refractivity (Wildman–Crippen MR) is 92.0 cm³/mol. The Kier molecular flexibility index (Phi) is 3.97. The Morgan fingerprint density at radius 3 is 2.88 bits per heavy atom. The molecule has 0 spiro atoms. The predicted octanol–water partition coefficient (Wildman–Crippen LogP) is 3.09. The Hall–Kier alpha value is -2.04. The largest absolute Gasteiger partial charge is 0.467 e. The molecule has 2 heterocycles. The summed E-state index contributed by atoms with van der Waals surface area (Å²) in [5.41, 5.74) is 0.374. The summed E-state index contributed by atoms with van der Waals surface area (Å²) >= 11 is 0. The quantitative estimate of drug-likeness (QED) is 0.625. The zero-order valence-corrected chi connectivity index (χ0v) is 14.9. The van der Waals surface area contributed by atoms with Gasteiger partial charge in [-0.3, -0.25) is 9.59 Å². The van der Waals surface area contributed by atoms with Gasteiger partial charge in [0.25, 0.3) is 0 Å². The number of likely N-dealkylation sites (tertiary alicyclic amines) is 1. The van der Waals surface area contributed by atoms with E-state index in [1.807, 2.05) is 36.1 Å². The molecule has 2 fully saturated rings. The van der Waals surface area contributed by atoms with Crippen molar-refractivity contribution in [3.8, 4) is 5.75 Å². The normalized spacial score (nSPS) is 33.1. The third kappa shape index (κ3) is 2.21. The minimum absolute atomic E-state index is 0.140. The van der Waals surface area contributed by atoms with Crippen molar-refractivity contribution < 1.29 is 19.1 Å². The van der Waals surface area contributed by atoms with E-state index >= 15 is 0 Å². The number of fused-ring (bicyclic) bond motifs is 2. The van der Waals surface area contributed by atoms with Gasteiger partial charge in [0.1, 0.15) is 11.7 Å². The van der Waals surface area contributed by atoms with Gasteiger partial charge in [-0.2, -0.15) is 0 Å². The molecule has 1 saturated carbocycles. The van der Waals surface area contributed by atoms with E-state index < -0.39 is 17.6 Å². The Labute approximate surface area is 148 Å². The van der Waals surface area contributed by atoms with Gasteiger partial charge in [-0.15, -0.1) is 0 Å². The summed E-state index contributed by atoms with van der Waals surface area (Å²) in [6.07, 6.45) is 3.95. The van der Waals surface area contributed by atoms with Crippen molar-refractivity contribution in [2.45, 2.75) is 51.2 Å². The van der Waals surface area contributed by atoms with Crippen LogP contribution < -0.4 is 4.74 Å². The number of piperidine rings is 1. The molecule has 3 aliphatic rings. The first-order chi connectivity index (χ1) is 12.1. The number of nitrogens with zero attached hydrogens (tertiary/aromatic N) is 1. The number of esters is 1. The lowest BCUT2D eigenvalue weighted by Gasteiger charge is -2.60. The van der Waals surface area contributed by atoms with Crippen LogP contribution in [0.1, 0.15) is 51.0 Å². The van der Waals surface area contributed by atoms with Crippen LogP contribution in [0.2, 0.25) is 0 Å². The number of rotatable bonds is 3. The lowest BCUT2D eigenvalue weighted by Crippen LogP contribution is -2.70. The van der Waals surface area contributed by atoms with Gasteiger partial charge in [-0.1, -0.05) is 24.6 Å². The summed E-state index contributed by atoms with van der Waals surface area (Å²) in [6.45, 7) is 4.58. The van der Waals surface area contributed by atoms with Crippen molar-refractivity contribution in [1.82, 2.24) is 4.90 Å². The van der Waals surface area contributed by atoms with E-state index in [1.165, 1.54) is 0 Å². The smallest absolute Gasteiger partial charge is 0.319 e. The molecular weight excluding hydrogens is 318 g/mol. The summed E-state index contributed by atoms with van der Waals surface area (Å²) in [6, 6.07) is 7.86. The number of carbonyl (C=O) groups is 2. The Morgan fingerprint density at radius 1 is 1.32 bits per heavy atom. The summed E-state index contributed by atoms with van der Waals surface area (Å²) < 4.78 is 11.8. The molecule has 1 aliphatic carbocycles. The third-order valence-electron chi connectivity index (χ3n) is 6.08. The standard InChI is InChI=1S/C20H25NO4/c1-3-21-18(22)17(19(23)24-4-2)16-13-9-5-6-11-15(13)25-20(21)12-8-7-10-14(16)20/h5-6,9,11,14,16-17H,3-4,7-8,10,12H2,1-2H3/t14-,16-,17+,20-/m1/s1. The van der Waals surface area contributed by atoms with Gasteiger partial charge in [0.15, 0.2) is 5.72 Å². The number of benzene rings is 1. The van der Waals surface area contributed by atoms with Crippen LogP contribution in [0.4, 0.5) is 0 Å². The molecule has 1 saturated heterocycles. The topological polar surface area (TPSA) is 55.8 Å². The molecule has 0 unspecified atom stereocenters. The van der Waals surface area contributed by atoms with Crippen LogP contribution in [0.5, 0.6) is 5.75 Å². The van der Waals surface area contributed by atoms with Crippen molar-refractivity contribution in [2.75, 3.05) is 13.2 Å². The van der Waals surface area contributed by atoms with Crippen LogP contribution in [0.25, 0.3) is 0 Å². The lowest BCUT2D eigenvalue weighted by molar-refractivity contribution is -0.210. The first kappa shape index (κ1) is 16.4. The highest BCUT2D eigenvalue weighted by Crippen LogP contribution is 2.58. The molecule has 134 valence electrons. The summed E-state index contributed by atoms with van der Waals surface area (Å²) in [7, 11) is 0. The second-order valence-corrected chi connectivity index (χ2v) is 7.17. The van der Waals surface area contributed by atoms with Crippen LogP contribution >= 0.6 is 0 Å². The number of carbonyl (C=O) groups excluding carboxylic acids is 2. The van der Waals surface area contributed by atoms with Crippen LogP contribution in [0.15, 0.2) is 24.3 Å². The van der Waals surface area contributed by atoms with Crippen molar-refractivity contribution in [1.29, 1.82) is 0 Å². The van der Waals surface area contributed by atoms with Gasteiger partial charge in [0, 0.05) is 24.8 Å². The van der Waals surface area contributed by atoms with Gasteiger partial charge < -0.3 is 14.4 Å². The molecule has 4 rings (SSSR count). The summed E-state index contributed by atoms with van der Waals surface area (Å²) in [5, 5.41) is 0. The second kappa shape index (κ2) is 6.04. The van der Waals surface area contributed by atoms with E-state index in [1.54, 1.807) is 6.92 Å². The first-order valence-corrected chi connectivity index (χ1v) is 9.40. The number of hydrogen-bond acceptors (Lipinski definition) is 4. The van der Waals surface area contributed by atoms with Gasteiger partial charge >= 0.3 is 5.97 Å². The number of amides is 1. The van der Waals surface area contributed by atoms with Crippen molar-refractivity contribution in [3.63, 3.8) is 0 Å². The van der Waals surface area contributed by atoms with Gasteiger partial charge in [0.05, 0.1) is 6.61 Å². The van der Waals surface area contributed by atoms with Crippen LogP contribution in [0.3, 0.4) is 0 Å². The minimum atomic E-state index is -0.763. The van der Waals surface area contributed by atoms with Crippen molar-refractivity contribution >= 4 is 11.9 Å². The van der Waals surface area contributed by atoms with E-state index in [9.17, 15) is 9.59 Å². The molecule has 0 N–H and O–H groups in total. The van der Waals surface area contributed by atoms with Gasteiger partial charge in [-0.25, -0.2) is 0 Å². The van der Waals surface area contributed by atoms with E-state index in [2.05, 4.69) is 0 Å². The van der Waals surface area contributed by atoms with E-state index in [4.69, 9.17) is 9.47 Å². The molecule has 5 heteroatoms. The van der Waals surface area contributed by atoms with Crippen LogP contribution in [0, 0.1) is 11.8 Å². The maximum atomic E-state index is 13.3. The van der Waals surface area contributed by atoms with Crippen LogP contribution in [-0.4, -0.2) is 35.7 Å². The fourth-order valence-corrected chi connectivity index (χ4v) is 5.21. The third-order valence-corrected chi connectivity index (χ3v) is 6.08. The second-order valence-electron chi connectivity index (χ2n) is 7.17. The Bertz CT molecular complexity index is 703. The maximum absolute atomic E-state index is 13.3. The fourth-order valence-electron chi connectivity index (χ4n) is 5.21. The highest BCUT2D eigenvalue weighted by Gasteiger charge is 2.64. The molecular formula is C20H25NO4. The zero-order valence-electron chi connectivity index (χ0n) is 14.9. The summed E-state index contributed by atoms with van der Waals surface area (Å²) in [5.74, 6) is -0.500. The number of hydrogen-bond donors (Lipinski definition) is 0. The molecule has 1 aromatic carbocycles. The van der Waals surface area contributed by atoms with E-state index in [0.29, 0.717) is 6.54 Å². The maximum Gasteiger partial charge on any atom is 0.319 e. The molecule has 25 heavy (non-hydrogen) atoms. The average Bonchev–Trinajstić information content (AvgIpc) is 2.61. The molecule has 5 nitrogen and oxygen atoms in total. The highest BCUT2D eigenvalue weighted by atomic mass is 16.5. The van der Waals surface area contributed by atoms with Crippen molar-refractivity contribution in [2.24, 2.45) is 11.8 Å². The van der Waals surface area contributed by atoms with E-state index in [0.717, 1.165) is 37.0 Å². The zero-order chi connectivity index (χ0) is 17.6. The minimum Gasteiger partial charge on any atom is -0.467 e. The van der Waals surface area contributed by atoms with E-state index in [-0.39, 0.29) is 24.3 Å². The Morgan fingerprint density at radius 2 is 2.12 bits per heavy atom. The SMILES string of the molecule is CCOC(=O)[C@@H]1C(=O)N(CC)[C@@]23CCCC[C@@H]2[C@H]1c1ccccc1O3. The van der Waals surface area contributed by atoms with Gasteiger partial charge in [0.2, 0.25) is 5.91 Å². The fraction of sp³-hybridized carbons (Fsp3) is 0.600. The van der Waals surface area contributed by atoms with Crippen molar-refractivity contribution in [3.05, 3.63) is 29.8 Å². The molecule has 0 aromatic heterocycles. The lowest BCUT2D eigenvalue weighted by atomic mass is 9.61. The number of ether oxygens (including phenoxy) is 2. The molecule has 1 aromatic rings. The Balaban J connectivity index is 1.90. The molecule has 4 atom stereocenters. The molecule has 0 radical (unpaired) electrons. The van der Waals surface area contributed by atoms with Crippen LogP contribution in [-0.2, 0) is 14.3 Å². The average molecular weight is 343 g/mol. The molecule has 2 aliphatic heterocycles. The molecule has 1 amide bonds. The van der Waals surface area contributed by atoms with Gasteiger partial charge in [-0.05, 0) is 38.3 Å². The molecule has 2 bridgehead atoms. The monoisotopic (exact) mass is 343 g/mol. The summed E-state index contributed by atoms with van der Waals surface area (Å²) in [4.78, 5) is 27.8.